The summed E-state index contributed by atoms with van der Waals surface area (Å²) in [6, 6.07) is 6.20. The summed E-state index contributed by atoms with van der Waals surface area (Å²) in [7, 11) is 2.80. The maximum Gasteiger partial charge on any atom is 0.279 e. The van der Waals surface area contributed by atoms with E-state index in [2.05, 4.69) is 0 Å². The van der Waals surface area contributed by atoms with Gasteiger partial charge in [0.15, 0.2) is 0 Å². The molecule has 0 atom stereocenters. The molecule has 1 aliphatic heterocycles. The van der Waals surface area contributed by atoms with Gasteiger partial charge in [0.25, 0.3) is 11.6 Å². The summed E-state index contributed by atoms with van der Waals surface area (Å²) in [6.45, 7) is 1.92. The summed E-state index contributed by atoms with van der Waals surface area (Å²) in [5, 5.41) is 20.0. The van der Waals surface area contributed by atoms with E-state index in [-0.39, 0.29) is 17.2 Å². The van der Waals surface area contributed by atoms with Crippen LogP contribution in [-0.2, 0) is 14.3 Å². The number of nitrogens with zero attached hydrogens (tertiary/aromatic N) is 4. The molecule has 24 heavy (non-hydrogen) atoms. The van der Waals surface area contributed by atoms with Crippen LogP contribution in [0.15, 0.2) is 18.2 Å². The molecular formula is C15H18N4O5. The topological polar surface area (TPSA) is 109 Å². The zero-order chi connectivity index (χ0) is 17.7. The van der Waals surface area contributed by atoms with Crippen LogP contribution >= 0.6 is 0 Å². The molecule has 0 radical (unpaired) electrons. The number of amides is 1. The summed E-state index contributed by atoms with van der Waals surface area (Å²) in [4.78, 5) is 26.0. The number of nitro benzene ring substituents is 1. The maximum atomic E-state index is 12.2. The third-order valence-electron chi connectivity index (χ3n) is 3.87. The highest BCUT2D eigenvalue weighted by atomic mass is 16.7. The Labute approximate surface area is 139 Å². The predicted molar refractivity (Wildman–Crippen MR) is 84.4 cm³/mol. The van der Waals surface area contributed by atoms with E-state index in [1.807, 2.05) is 11.0 Å². The molecule has 0 bridgehead atoms. The first kappa shape index (κ1) is 17.7. The van der Waals surface area contributed by atoms with Crippen LogP contribution in [0.25, 0.3) is 0 Å². The lowest BCUT2D eigenvalue weighted by molar-refractivity contribution is -0.384. The van der Waals surface area contributed by atoms with Gasteiger partial charge in [0.1, 0.15) is 6.07 Å². The van der Waals surface area contributed by atoms with Gasteiger partial charge in [0.2, 0.25) is 6.29 Å². The van der Waals surface area contributed by atoms with Crippen molar-refractivity contribution >= 4 is 17.3 Å². The average molecular weight is 334 g/mol. The molecule has 0 N–H and O–H groups in total. The highest BCUT2D eigenvalue weighted by Gasteiger charge is 2.28. The fourth-order valence-corrected chi connectivity index (χ4v) is 2.62. The lowest BCUT2D eigenvalue weighted by Crippen LogP contribution is -2.52. The Kier molecular flexibility index (Phi) is 5.68. The number of methoxy groups -OCH3 is 2. The quantitative estimate of drug-likeness (QED) is 0.443. The van der Waals surface area contributed by atoms with E-state index in [1.54, 1.807) is 11.0 Å². The van der Waals surface area contributed by atoms with Crippen LogP contribution in [0, 0.1) is 21.4 Å². The molecule has 128 valence electrons. The molecule has 1 fully saturated rings. The second-order valence-electron chi connectivity index (χ2n) is 5.19. The van der Waals surface area contributed by atoms with Crippen LogP contribution in [0.3, 0.4) is 0 Å². The lowest BCUT2D eigenvalue weighted by atomic mass is 10.1. The lowest BCUT2D eigenvalue weighted by Gasteiger charge is -2.37. The number of piperazine rings is 1. The first-order valence-corrected chi connectivity index (χ1v) is 7.29. The van der Waals surface area contributed by atoms with Gasteiger partial charge < -0.3 is 19.3 Å². The van der Waals surface area contributed by atoms with Gasteiger partial charge in [-0.15, -0.1) is 0 Å². The summed E-state index contributed by atoms with van der Waals surface area (Å²) >= 11 is 0. The van der Waals surface area contributed by atoms with Crippen molar-refractivity contribution in [1.29, 1.82) is 5.26 Å². The Morgan fingerprint density at radius 3 is 2.42 bits per heavy atom. The van der Waals surface area contributed by atoms with E-state index >= 15 is 0 Å². The van der Waals surface area contributed by atoms with E-state index in [9.17, 15) is 20.2 Å². The molecule has 1 saturated heterocycles. The number of carbonyl (C=O) groups excluding carboxylic acids is 1. The minimum Gasteiger partial charge on any atom is -0.367 e. The summed E-state index contributed by atoms with van der Waals surface area (Å²) in [5.74, 6) is -0.246. The SMILES string of the molecule is COC(OC)C(=O)N1CCN(c2ccc([N+](=O)[O-])cc2C#N)CC1. The Balaban J connectivity index is 2.09. The molecule has 0 unspecified atom stereocenters. The number of non-ortho nitro benzene ring substituents is 1. The summed E-state index contributed by atoms with van der Waals surface area (Å²) < 4.78 is 9.93. The molecule has 1 aromatic carbocycles. The molecule has 9 heteroatoms. The van der Waals surface area contributed by atoms with Crippen LogP contribution < -0.4 is 4.90 Å². The predicted octanol–water partition coefficient (Wildman–Crippen LogP) is 0.734. The standard InChI is InChI=1S/C15H18N4O5/c1-23-15(24-2)14(20)18-7-5-17(6-8-18)13-4-3-12(19(21)22)9-11(13)10-16/h3-4,9,15H,5-8H2,1-2H3. The number of rotatable bonds is 5. The van der Waals surface area contributed by atoms with Crippen LogP contribution in [0.1, 0.15) is 5.56 Å². The van der Waals surface area contributed by atoms with E-state index in [0.717, 1.165) is 0 Å². The first-order valence-electron chi connectivity index (χ1n) is 7.29. The van der Waals surface area contributed by atoms with Crippen LogP contribution in [0.4, 0.5) is 11.4 Å². The number of carbonyl (C=O) groups is 1. The number of anilines is 1. The Morgan fingerprint density at radius 2 is 1.92 bits per heavy atom. The van der Waals surface area contributed by atoms with E-state index in [0.29, 0.717) is 31.9 Å². The number of hydrogen-bond donors (Lipinski definition) is 0. The van der Waals surface area contributed by atoms with Crippen LogP contribution in [-0.4, -0.2) is 62.4 Å². The molecule has 9 nitrogen and oxygen atoms in total. The second-order valence-corrected chi connectivity index (χ2v) is 5.19. The minimum absolute atomic E-state index is 0.118. The Bertz CT molecular complexity index is 660. The molecule has 1 aromatic rings. The van der Waals surface area contributed by atoms with Crippen molar-refractivity contribution in [2.24, 2.45) is 0 Å². The van der Waals surface area contributed by atoms with Crippen molar-refractivity contribution in [3.05, 3.63) is 33.9 Å². The number of ether oxygens (including phenoxy) is 2. The molecule has 1 heterocycles. The number of nitriles is 1. The van der Waals surface area contributed by atoms with Crippen molar-refractivity contribution in [1.82, 2.24) is 4.90 Å². The molecule has 0 saturated carbocycles. The fraction of sp³-hybridized carbons (Fsp3) is 0.467. The molecule has 1 aliphatic rings. The zero-order valence-electron chi connectivity index (χ0n) is 13.5. The Morgan fingerprint density at radius 1 is 1.29 bits per heavy atom. The van der Waals surface area contributed by atoms with Crippen molar-refractivity contribution in [2.75, 3.05) is 45.3 Å². The third kappa shape index (κ3) is 3.61. The first-order chi connectivity index (χ1) is 11.5. The van der Waals surface area contributed by atoms with Gasteiger partial charge in [-0.2, -0.15) is 5.26 Å². The van der Waals surface area contributed by atoms with Crippen molar-refractivity contribution in [3.63, 3.8) is 0 Å². The fourth-order valence-electron chi connectivity index (χ4n) is 2.62. The smallest absolute Gasteiger partial charge is 0.279 e. The maximum absolute atomic E-state index is 12.2. The van der Waals surface area contributed by atoms with E-state index < -0.39 is 11.2 Å². The summed E-state index contributed by atoms with van der Waals surface area (Å²) in [5.41, 5.74) is 0.757. The number of benzene rings is 1. The normalized spacial score (nSPS) is 14.6. The van der Waals surface area contributed by atoms with Gasteiger partial charge >= 0.3 is 0 Å². The van der Waals surface area contributed by atoms with Gasteiger partial charge in [-0.3, -0.25) is 14.9 Å². The second kappa shape index (κ2) is 7.72. The molecule has 1 amide bonds. The molecule has 0 spiro atoms. The van der Waals surface area contributed by atoms with Crippen LogP contribution in [0.2, 0.25) is 0 Å². The third-order valence-corrected chi connectivity index (χ3v) is 3.87. The van der Waals surface area contributed by atoms with Gasteiger partial charge in [-0.05, 0) is 6.07 Å². The minimum atomic E-state index is -0.925. The van der Waals surface area contributed by atoms with Crippen molar-refractivity contribution in [2.45, 2.75) is 6.29 Å². The molecule has 0 aromatic heterocycles. The van der Waals surface area contributed by atoms with E-state index in [4.69, 9.17) is 9.47 Å². The largest absolute Gasteiger partial charge is 0.367 e. The van der Waals surface area contributed by atoms with Crippen molar-refractivity contribution < 1.29 is 19.2 Å². The summed E-state index contributed by atoms with van der Waals surface area (Å²) in [6.07, 6.45) is -0.925. The van der Waals surface area contributed by atoms with Gasteiger partial charge in [0.05, 0.1) is 16.2 Å². The average Bonchev–Trinajstić information content (AvgIpc) is 2.62. The van der Waals surface area contributed by atoms with Crippen LogP contribution in [0.5, 0.6) is 0 Å². The monoisotopic (exact) mass is 334 g/mol. The molecular weight excluding hydrogens is 316 g/mol. The van der Waals surface area contributed by atoms with Gasteiger partial charge in [0, 0.05) is 52.5 Å². The van der Waals surface area contributed by atoms with Crippen molar-refractivity contribution in [3.8, 4) is 6.07 Å². The zero-order valence-corrected chi connectivity index (χ0v) is 13.5. The molecule has 2 rings (SSSR count). The highest BCUT2D eigenvalue weighted by Crippen LogP contribution is 2.26. The van der Waals surface area contributed by atoms with Gasteiger partial charge in [-0.1, -0.05) is 0 Å². The highest BCUT2D eigenvalue weighted by molar-refractivity contribution is 5.80. The van der Waals surface area contributed by atoms with Gasteiger partial charge in [-0.25, -0.2) is 0 Å². The Hall–Kier alpha value is -2.70. The number of hydrogen-bond acceptors (Lipinski definition) is 7. The number of nitro groups is 1. The van der Waals surface area contributed by atoms with E-state index in [1.165, 1.54) is 26.4 Å². The molecule has 0 aliphatic carbocycles.